The lowest BCUT2D eigenvalue weighted by molar-refractivity contribution is -0.674. The number of hydrogen-bond donors (Lipinski definition) is 2. The summed E-state index contributed by atoms with van der Waals surface area (Å²) in [5.41, 5.74) is 4.58. The van der Waals surface area contributed by atoms with Crippen molar-refractivity contribution in [3.63, 3.8) is 0 Å². The molecule has 3 N–H and O–H groups in total. The van der Waals surface area contributed by atoms with Gasteiger partial charge in [0, 0.05) is 29.8 Å². The molecule has 0 aliphatic heterocycles. The highest BCUT2D eigenvalue weighted by Gasteiger charge is 2.25. The minimum atomic E-state index is -0.174. The van der Waals surface area contributed by atoms with Crippen LogP contribution < -0.4 is 10.2 Å². The van der Waals surface area contributed by atoms with Gasteiger partial charge in [-0.1, -0.05) is 66.7 Å². The number of aromatic amines is 1. The van der Waals surface area contributed by atoms with Crippen LogP contribution in [0.15, 0.2) is 91.1 Å². The number of anilines is 1. The van der Waals surface area contributed by atoms with Gasteiger partial charge in [-0.25, -0.2) is 0 Å². The molecule has 0 aliphatic rings. The molecular weight excluding hydrogens is 370 g/mol. The van der Waals surface area contributed by atoms with Crippen LogP contribution in [0.2, 0.25) is 0 Å². The van der Waals surface area contributed by atoms with Crippen molar-refractivity contribution in [3.8, 4) is 0 Å². The molecule has 4 aromatic rings. The molecule has 4 nitrogen and oxygen atoms in total. The number of amides is 1. The van der Waals surface area contributed by atoms with E-state index in [9.17, 15) is 4.79 Å². The Hall–Kier alpha value is -3.37. The molecule has 3 aromatic carbocycles. The summed E-state index contributed by atoms with van der Waals surface area (Å²) >= 11 is 0. The minimum absolute atomic E-state index is 0.104. The van der Waals surface area contributed by atoms with Crippen LogP contribution in [0.25, 0.3) is 10.9 Å². The number of nitrogens with zero attached hydrogens (tertiary/aromatic N) is 1. The first-order chi connectivity index (χ1) is 14.6. The number of quaternary nitrogens is 1. The van der Waals surface area contributed by atoms with Gasteiger partial charge in [0.1, 0.15) is 0 Å². The van der Waals surface area contributed by atoms with Crippen molar-refractivity contribution in [1.82, 2.24) is 4.98 Å². The zero-order valence-electron chi connectivity index (χ0n) is 17.5. The second-order valence-corrected chi connectivity index (χ2v) is 7.75. The van der Waals surface area contributed by atoms with Gasteiger partial charge in [0.05, 0.1) is 12.5 Å². The van der Waals surface area contributed by atoms with Gasteiger partial charge >= 0.3 is 0 Å². The highest BCUT2D eigenvalue weighted by atomic mass is 16.2. The van der Waals surface area contributed by atoms with Gasteiger partial charge in [-0.3, -0.25) is 4.79 Å². The Morgan fingerprint density at radius 3 is 2.30 bits per heavy atom. The molecule has 0 spiro atoms. The number of carbonyl (C=O) groups is 1. The van der Waals surface area contributed by atoms with Crippen LogP contribution >= 0.6 is 0 Å². The third-order valence-electron chi connectivity index (χ3n) is 5.79. The van der Waals surface area contributed by atoms with Crippen LogP contribution in [-0.2, 0) is 4.79 Å². The van der Waals surface area contributed by atoms with E-state index in [4.69, 9.17) is 0 Å². The number of rotatable bonds is 7. The Bertz CT molecular complexity index is 1100. The fourth-order valence-corrected chi connectivity index (χ4v) is 4.04. The molecule has 30 heavy (non-hydrogen) atoms. The van der Waals surface area contributed by atoms with Gasteiger partial charge in [-0.15, -0.1) is 0 Å². The van der Waals surface area contributed by atoms with Crippen LogP contribution in [0, 0.1) is 0 Å². The highest BCUT2D eigenvalue weighted by molar-refractivity contribution is 5.95. The summed E-state index contributed by atoms with van der Waals surface area (Å²) in [7, 11) is 1.84. The van der Waals surface area contributed by atoms with Crippen molar-refractivity contribution in [2.75, 3.05) is 18.5 Å². The molecule has 2 atom stereocenters. The predicted octanol–water partition coefficient (Wildman–Crippen LogP) is 3.91. The number of H-pyrrole nitrogens is 1. The average molecular weight is 399 g/mol. The quantitative estimate of drug-likeness (QED) is 0.487. The first kappa shape index (κ1) is 19.9. The molecule has 1 aromatic heterocycles. The molecule has 4 heteroatoms. The lowest BCUT2D eigenvalue weighted by atomic mass is 9.90. The van der Waals surface area contributed by atoms with E-state index in [1.54, 1.807) is 4.90 Å². The van der Waals surface area contributed by atoms with Gasteiger partial charge in [0.25, 0.3) is 5.91 Å². The summed E-state index contributed by atoms with van der Waals surface area (Å²) < 4.78 is 0. The lowest BCUT2D eigenvalue weighted by Crippen LogP contribution is -2.92. The molecule has 0 saturated heterocycles. The molecule has 0 bridgehead atoms. The van der Waals surface area contributed by atoms with Crippen molar-refractivity contribution in [3.05, 3.63) is 102 Å². The molecule has 4 rings (SSSR count). The van der Waals surface area contributed by atoms with Crippen LogP contribution in [0.1, 0.15) is 24.0 Å². The first-order valence-corrected chi connectivity index (χ1v) is 10.4. The van der Waals surface area contributed by atoms with Crippen molar-refractivity contribution in [1.29, 1.82) is 0 Å². The number of likely N-dealkylation sites (N-methyl/N-ethyl adjacent to an activating group) is 1. The van der Waals surface area contributed by atoms with Crippen LogP contribution in [0.5, 0.6) is 0 Å². The van der Waals surface area contributed by atoms with Crippen molar-refractivity contribution >= 4 is 22.5 Å². The van der Waals surface area contributed by atoms with Crippen LogP contribution in [0.4, 0.5) is 5.69 Å². The van der Waals surface area contributed by atoms with Gasteiger partial charge in [0.15, 0.2) is 6.04 Å². The number of nitrogens with two attached hydrogens (primary N) is 1. The maximum absolute atomic E-state index is 13.0. The van der Waals surface area contributed by atoms with Crippen molar-refractivity contribution in [2.45, 2.75) is 18.9 Å². The fraction of sp³-hybridized carbons (Fsp3) is 0.192. The summed E-state index contributed by atoms with van der Waals surface area (Å²) in [5.74, 6) is 0.298. The molecule has 0 saturated carbocycles. The number of fused-ring (bicyclic) bond motifs is 1. The molecule has 1 heterocycles. The average Bonchev–Trinajstić information content (AvgIpc) is 3.23. The number of benzene rings is 3. The summed E-state index contributed by atoms with van der Waals surface area (Å²) in [6.07, 6.45) is 2.11. The van der Waals surface area contributed by atoms with Crippen molar-refractivity contribution in [2.24, 2.45) is 0 Å². The molecule has 0 radical (unpaired) electrons. The van der Waals surface area contributed by atoms with E-state index in [0.29, 0.717) is 0 Å². The lowest BCUT2D eigenvalue weighted by Gasteiger charge is -2.22. The molecule has 152 valence electrons. The number of nitrogens with one attached hydrogen (secondary N) is 1. The SMILES string of the molecule is C[C@@H]([NH2+]C[C@H](c1ccccc1)c1c[nH]c2ccccc12)C(=O)N(C)c1ccccc1. The Labute approximate surface area is 177 Å². The largest absolute Gasteiger partial charge is 0.361 e. The molecular formula is C26H28N3O+. The Morgan fingerprint density at radius 1 is 0.933 bits per heavy atom. The number of hydrogen-bond acceptors (Lipinski definition) is 1. The maximum Gasteiger partial charge on any atom is 0.284 e. The zero-order chi connectivity index (χ0) is 20.9. The monoisotopic (exact) mass is 398 g/mol. The minimum Gasteiger partial charge on any atom is -0.361 e. The van der Waals surface area contributed by atoms with E-state index in [2.05, 4.69) is 59.0 Å². The van der Waals surface area contributed by atoms with E-state index >= 15 is 0 Å². The topological polar surface area (TPSA) is 52.7 Å². The van der Waals surface area contributed by atoms with E-state index in [1.807, 2.05) is 56.4 Å². The number of carbonyl (C=O) groups excluding carboxylic acids is 1. The number of para-hydroxylation sites is 2. The molecule has 0 unspecified atom stereocenters. The number of aromatic nitrogens is 1. The fourth-order valence-electron chi connectivity index (χ4n) is 4.04. The second kappa shape index (κ2) is 8.97. The van der Waals surface area contributed by atoms with Gasteiger partial charge < -0.3 is 15.2 Å². The molecule has 1 amide bonds. The predicted molar refractivity (Wildman–Crippen MR) is 123 cm³/mol. The summed E-state index contributed by atoms with van der Waals surface area (Å²) in [6, 6.07) is 28.5. The van der Waals surface area contributed by atoms with E-state index in [1.165, 1.54) is 16.5 Å². The normalized spacial score (nSPS) is 13.1. The third kappa shape index (κ3) is 4.14. The standard InChI is InChI=1S/C26H27N3O/c1-19(26(30)29(2)21-13-7-4-8-14-21)27-17-23(20-11-5-3-6-12-20)24-18-28-25-16-10-9-15-22(24)25/h3-16,18-19,23,27-28H,17H2,1-2H3/p+1/t19-,23-/m1/s1. The summed E-state index contributed by atoms with van der Waals surface area (Å²) in [5, 5.41) is 3.39. The Balaban J connectivity index is 1.55. The van der Waals surface area contributed by atoms with Gasteiger partial charge in [-0.2, -0.15) is 0 Å². The van der Waals surface area contributed by atoms with Gasteiger partial charge in [-0.05, 0) is 36.2 Å². The summed E-state index contributed by atoms with van der Waals surface area (Å²) in [4.78, 5) is 18.1. The third-order valence-corrected chi connectivity index (χ3v) is 5.79. The molecule has 0 aliphatic carbocycles. The van der Waals surface area contributed by atoms with Gasteiger partial charge in [0.2, 0.25) is 0 Å². The highest BCUT2D eigenvalue weighted by Crippen LogP contribution is 2.29. The zero-order valence-corrected chi connectivity index (χ0v) is 17.5. The Morgan fingerprint density at radius 2 is 1.57 bits per heavy atom. The van der Waals surface area contributed by atoms with E-state index in [-0.39, 0.29) is 17.9 Å². The summed E-state index contributed by atoms with van der Waals surface area (Å²) in [6.45, 7) is 2.78. The first-order valence-electron chi connectivity index (χ1n) is 10.4. The maximum atomic E-state index is 13.0. The molecule has 0 fully saturated rings. The van der Waals surface area contributed by atoms with E-state index < -0.39 is 0 Å². The van der Waals surface area contributed by atoms with E-state index in [0.717, 1.165) is 17.7 Å². The smallest absolute Gasteiger partial charge is 0.284 e. The second-order valence-electron chi connectivity index (χ2n) is 7.75. The van der Waals surface area contributed by atoms with Crippen molar-refractivity contribution < 1.29 is 10.1 Å². The van der Waals surface area contributed by atoms with Crippen LogP contribution in [0.3, 0.4) is 0 Å². The van der Waals surface area contributed by atoms with Crippen LogP contribution in [-0.4, -0.2) is 30.5 Å². The Kier molecular flexibility index (Phi) is 5.96.